The van der Waals surface area contributed by atoms with Crippen molar-refractivity contribution in [2.45, 2.75) is 17.9 Å². The molecular weight excluding hydrogens is 777 g/mol. The number of phosphoric acid groups is 3. The molecule has 1 aliphatic rings. The van der Waals surface area contributed by atoms with Gasteiger partial charge in [-0.25, -0.2) is 18.5 Å². The number of nitrogens with zero attached hydrogens (tertiary/aromatic N) is 3. The predicted octanol–water partition coefficient (Wildman–Crippen LogP) is 5.03. The fourth-order valence-electron chi connectivity index (χ4n) is 6.38. The molecule has 4 aromatic carbocycles. The molecule has 0 spiro atoms. The number of amides is 1. The van der Waals surface area contributed by atoms with Crippen LogP contribution in [0.25, 0.3) is 0 Å². The fraction of sp³-hybridized carbons (Fsp3) is 0.171. The second-order valence-corrected chi connectivity index (χ2v) is 16.6. The summed E-state index contributed by atoms with van der Waals surface area (Å²) in [6, 6.07) is 38.2. The summed E-state index contributed by atoms with van der Waals surface area (Å²) in [6.45, 7) is -0.821. The van der Waals surface area contributed by atoms with Crippen molar-refractivity contribution in [2.24, 2.45) is 0 Å². The molecule has 1 fully saturated rings. The molecule has 17 nitrogen and oxygen atoms in total. The SMILES string of the molecule is O=C(Nc1ccn(C2CN(C(c3ccccc3)(c3ccccc3)c3ccccc3)CC(COP(=O)(O)OP(=O)(O)OP(=O)(O)O)O2)c(=O)n1)c1ccccc1. The first-order valence-corrected chi connectivity index (χ1v) is 21.0. The molecule has 5 aromatic rings. The number of phosphoric ester groups is 1. The van der Waals surface area contributed by atoms with Gasteiger partial charge in [-0.05, 0) is 34.9 Å². The van der Waals surface area contributed by atoms with Crippen molar-refractivity contribution in [1.29, 1.82) is 0 Å². The van der Waals surface area contributed by atoms with Gasteiger partial charge in [0.25, 0.3) is 5.91 Å². The number of carbonyl (C=O) groups excluding carboxylic acids is 1. The average Bonchev–Trinajstić information content (AvgIpc) is 3.15. The summed E-state index contributed by atoms with van der Waals surface area (Å²) in [6.07, 6.45) is -0.959. The van der Waals surface area contributed by atoms with Crippen molar-refractivity contribution in [3.63, 3.8) is 0 Å². The summed E-state index contributed by atoms with van der Waals surface area (Å²) in [7, 11) is -17.0. The molecule has 1 saturated heterocycles. The number of aromatic nitrogens is 2. The lowest BCUT2D eigenvalue weighted by atomic mass is 9.75. The minimum atomic E-state index is -5.80. The number of ether oxygens (including phenoxy) is 1. The van der Waals surface area contributed by atoms with Crippen LogP contribution in [0.3, 0.4) is 0 Å². The maximum Gasteiger partial charge on any atom is 0.490 e. The molecule has 0 radical (unpaired) electrons. The molecule has 5 N–H and O–H groups in total. The van der Waals surface area contributed by atoms with Crippen molar-refractivity contribution in [3.05, 3.63) is 166 Å². The van der Waals surface area contributed by atoms with Crippen LogP contribution < -0.4 is 11.0 Å². The molecule has 0 aliphatic carbocycles. The van der Waals surface area contributed by atoms with E-state index in [0.717, 1.165) is 16.7 Å². The van der Waals surface area contributed by atoms with Gasteiger partial charge in [0.05, 0.1) is 18.2 Å². The summed E-state index contributed by atoms with van der Waals surface area (Å²) in [5, 5.41) is 2.60. The summed E-state index contributed by atoms with van der Waals surface area (Å²) < 4.78 is 56.3. The normalized spacial score (nSPS) is 18.8. The van der Waals surface area contributed by atoms with Crippen LogP contribution >= 0.6 is 23.5 Å². The van der Waals surface area contributed by atoms with Crippen LogP contribution in [0.5, 0.6) is 0 Å². The highest BCUT2D eigenvalue weighted by molar-refractivity contribution is 7.66. The molecule has 1 amide bonds. The van der Waals surface area contributed by atoms with Crippen LogP contribution in [-0.2, 0) is 37.1 Å². The number of carbonyl (C=O) groups is 1. The molecule has 288 valence electrons. The van der Waals surface area contributed by atoms with E-state index in [-0.39, 0.29) is 18.9 Å². The Hall–Kier alpha value is -4.44. The van der Waals surface area contributed by atoms with Crippen molar-refractivity contribution in [2.75, 3.05) is 25.0 Å². The highest BCUT2D eigenvalue weighted by Gasteiger charge is 2.47. The van der Waals surface area contributed by atoms with Crippen molar-refractivity contribution >= 4 is 35.2 Å². The minimum absolute atomic E-state index is 0.0156. The van der Waals surface area contributed by atoms with Gasteiger partial charge in [-0.3, -0.25) is 18.8 Å². The summed E-state index contributed by atoms with van der Waals surface area (Å²) >= 11 is 0. The van der Waals surface area contributed by atoms with Gasteiger partial charge in [0.2, 0.25) is 0 Å². The number of hydrogen-bond acceptors (Lipinski definition) is 11. The molecule has 0 bridgehead atoms. The van der Waals surface area contributed by atoms with Gasteiger partial charge in [0.15, 0.2) is 6.23 Å². The molecule has 4 unspecified atom stereocenters. The van der Waals surface area contributed by atoms with Gasteiger partial charge in [-0.15, -0.1) is 0 Å². The Labute approximate surface area is 314 Å². The highest BCUT2D eigenvalue weighted by Crippen LogP contribution is 2.66. The molecule has 20 heteroatoms. The lowest BCUT2D eigenvalue weighted by molar-refractivity contribution is -0.149. The van der Waals surface area contributed by atoms with E-state index in [9.17, 15) is 33.1 Å². The number of benzene rings is 4. The summed E-state index contributed by atoms with van der Waals surface area (Å²) in [4.78, 5) is 70.4. The first-order valence-electron chi connectivity index (χ1n) is 16.5. The van der Waals surface area contributed by atoms with Gasteiger partial charge in [-0.1, -0.05) is 109 Å². The van der Waals surface area contributed by atoms with Crippen molar-refractivity contribution < 1.29 is 55.9 Å². The monoisotopic (exact) mass is 812 g/mol. The van der Waals surface area contributed by atoms with Crippen LogP contribution in [0.4, 0.5) is 5.82 Å². The van der Waals surface area contributed by atoms with E-state index in [1.54, 1.807) is 30.3 Å². The molecule has 4 atom stereocenters. The second-order valence-electron chi connectivity index (χ2n) is 12.1. The smallest absolute Gasteiger partial charge is 0.350 e. The van der Waals surface area contributed by atoms with E-state index in [1.165, 1.54) is 16.8 Å². The zero-order valence-corrected chi connectivity index (χ0v) is 31.3. The third-order valence-electron chi connectivity index (χ3n) is 8.46. The van der Waals surface area contributed by atoms with Crippen LogP contribution in [0.1, 0.15) is 33.3 Å². The highest BCUT2D eigenvalue weighted by atomic mass is 31.3. The van der Waals surface area contributed by atoms with Gasteiger partial charge < -0.3 is 29.6 Å². The van der Waals surface area contributed by atoms with E-state index in [0.29, 0.717) is 5.56 Å². The predicted molar refractivity (Wildman–Crippen MR) is 197 cm³/mol. The number of hydrogen-bond donors (Lipinski definition) is 5. The summed E-state index contributed by atoms with van der Waals surface area (Å²) in [5.41, 5.74) is 0.867. The van der Waals surface area contributed by atoms with Crippen molar-refractivity contribution in [3.8, 4) is 0 Å². The third-order valence-corrected chi connectivity index (χ3v) is 12.3. The van der Waals surface area contributed by atoms with Crippen LogP contribution in [-0.4, -0.2) is 65.7 Å². The average molecular weight is 813 g/mol. The first kappa shape index (κ1) is 40.2. The summed E-state index contributed by atoms with van der Waals surface area (Å²) in [5.74, 6) is -0.519. The van der Waals surface area contributed by atoms with Gasteiger partial charge in [0, 0.05) is 24.8 Å². The van der Waals surface area contributed by atoms with E-state index in [2.05, 4.69) is 18.9 Å². The molecule has 1 aliphatic heterocycles. The standard InChI is InChI=1S/C35H35N4O13P3/c40-33(26-13-5-1-6-14-26)36-31-21-22-39(34(41)37-31)32-24-38(23-30(50-32)25-49-54(45,46)52-55(47,48)51-53(42,43)44)35(27-15-7-2-8-16-27,28-17-9-3-10-18-28)29-19-11-4-12-20-29/h1-22,30,32H,23-25H2,(H,45,46)(H,47,48)(H2,42,43,44)(H,36,37,40,41). The largest absolute Gasteiger partial charge is 0.490 e. The van der Waals surface area contributed by atoms with Gasteiger partial charge in [0.1, 0.15) is 5.82 Å². The molecule has 55 heavy (non-hydrogen) atoms. The van der Waals surface area contributed by atoms with E-state index < -0.39 is 59.5 Å². The maximum atomic E-state index is 13.6. The lowest BCUT2D eigenvalue weighted by Crippen LogP contribution is -2.58. The van der Waals surface area contributed by atoms with E-state index >= 15 is 0 Å². The van der Waals surface area contributed by atoms with Crippen molar-refractivity contribution in [1.82, 2.24) is 14.5 Å². The van der Waals surface area contributed by atoms with E-state index in [4.69, 9.17) is 19.0 Å². The first-order chi connectivity index (χ1) is 26.2. The maximum absolute atomic E-state index is 13.6. The van der Waals surface area contributed by atoms with Crippen LogP contribution in [0.15, 0.2) is 138 Å². The van der Waals surface area contributed by atoms with Gasteiger partial charge >= 0.3 is 29.2 Å². The lowest BCUT2D eigenvalue weighted by Gasteiger charge is -2.50. The number of rotatable bonds is 14. The topological polar surface area (TPSA) is 236 Å². The van der Waals surface area contributed by atoms with Crippen LogP contribution in [0.2, 0.25) is 0 Å². The Bertz CT molecular complexity index is 2200. The molecule has 0 saturated carbocycles. The minimum Gasteiger partial charge on any atom is -0.350 e. The number of nitrogens with one attached hydrogen (secondary N) is 1. The zero-order chi connectivity index (χ0) is 39.3. The molecule has 2 heterocycles. The van der Waals surface area contributed by atoms with Crippen LogP contribution in [0, 0.1) is 0 Å². The Morgan fingerprint density at radius 1 is 0.745 bits per heavy atom. The quantitative estimate of drug-likeness (QED) is 0.0731. The fourth-order valence-corrected chi connectivity index (χ4v) is 9.43. The Kier molecular flexibility index (Phi) is 12.2. The molecular formula is C35H35N4O13P3. The van der Waals surface area contributed by atoms with Gasteiger partial charge in [-0.2, -0.15) is 13.6 Å². The number of morpholine rings is 1. The van der Waals surface area contributed by atoms with E-state index in [1.807, 2.05) is 95.9 Å². The Balaban J connectivity index is 1.40. The third kappa shape index (κ3) is 9.87. The number of anilines is 1. The Morgan fingerprint density at radius 2 is 1.25 bits per heavy atom. The zero-order valence-electron chi connectivity index (χ0n) is 28.6. The Morgan fingerprint density at radius 3 is 1.75 bits per heavy atom. The second kappa shape index (κ2) is 16.7. The molecule has 6 rings (SSSR count). The molecule has 1 aromatic heterocycles.